The maximum absolute atomic E-state index is 13.1. The van der Waals surface area contributed by atoms with E-state index >= 15 is 0 Å². The van der Waals surface area contributed by atoms with Crippen LogP contribution >= 0.6 is 0 Å². The van der Waals surface area contributed by atoms with Gasteiger partial charge in [-0.3, -0.25) is 4.79 Å². The van der Waals surface area contributed by atoms with Gasteiger partial charge in [0.05, 0.1) is 0 Å². The van der Waals surface area contributed by atoms with Crippen LogP contribution in [0.5, 0.6) is 5.75 Å². The molecule has 2 nitrogen and oxygen atoms in total. The van der Waals surface area contributed by atoms with E-state index in [4.69, 9.17) is 4.74 Å². The lowest BCUT2D eigenvalue weighted by Gasteiger charge is -2.15. The van der Waals surface area contributed by atoms with Crippen molar-refractivity contribution >= 4 is 5.78 Å². The Morgan fingerprint density at radius 1 is 1.10 bits per heavy atom. The highest BCUT2D eigenvalue weighted by Gasteiger charge is 2.19. The van der Waals surface area contributed by atoms with Crippen molar-refractivity contribution in [2.45, 2.75) is 20.0 Å². The standard InChI is InChI=1S/C16H14F2O2/c1-10-5-3-4-6-15(10)20-11(2)16(19)12-7-8-13(17)14(18)9-12/h3-9,11H,1-2H3. The summed E-state index contributed by atoms with van der Waals surface area (Å²) in [6.45, 7) is 3.44. The third kappa shape index (κ3) is 3.02. The molecule has 0 spiro atoms. The third-order valence-electron chi connectivity index (χ3n) is 2.97. The molecule has 0 aliphatic carbocycles. The minimum Gasteiger partial charge on any atom is -0.482 e. The molecule has 104 valence electrons. The zero-order valence-corrected chi connectivity index (χ0v) is 11.2. The van der Waals surface area contributed by atoms with Crippen LogP contribution in [0.2, 0.25) is 0 Å². The zero-order chi connectivity index (χ0) is 14.7. The lowest BCUT2D eigenvalue weighted by molar-refractivity contribution is 0.0816. The van der Waals surface area contributed by atoms with Crippen LogP contribution in [0, 0.1) is 18.6 Å². The molecule has 0 N–H and O–H groups in total. The largest absolute Gasteiger partial charge is 0.482 e. The summed E-state index contributed by atoms with van der Waals surface area (Å²) in [7, 11) is 0. The van der Waals surface area contributed by atoms with E-state index in [1.54, 1.807) is 19.1 Å². The monoisotopic (exact) mass is 276 g/mol. The number of para-hydroxylation sites is 1. The van der Waals surface area contributed by atoms with Gasteiger partial charge in [-0.05, 0) is 43.7 Å². The molecule has 4 heteroatoms. The lowest BCUT2D eigenvalue weighted by Crippen LogP contribution is -2.24. The van der Waals surface area contributed by atoms with Crippen molar-refractivity contribution in [2.75, 3.05) is 0 Å². The van der Waals surface area contributed by atoms with Crippen molar-refractivity contribution in [3.63, 3.8) is 0 Å². The second-order valence-electron chi connectivity index (χ2n) is 4.52. The molecule has 2 rings (SSSR count). The van der Waals surface area contributed by atoms with Crippen LogP contribution < -0.4 is 4.74 Å². The van der Waals surface area contributed by atoms with Gasteiger partial charge in [-0.1, -0.05) is 18.2 Å². The normalized spacial score (nSPS) is 12.0. The van der Waals surface area contributed by atoms with Gasteiger partial charge in [0, 0.05) is 5.56 Å². The molecule has 1 unspecified atom stereocenters. The fourth-order valence-corrected chi connectivity index (χ4v) is 1.82. The van der Waals surface area contributed by atoms with Crippen LogP contribution in [0.25, 0.3) is 0 Å². The second kappa shape index (κ2) is 5.82. The Morgan fingerprint density at radius 2 is 1.80 bits per heavy atom. The molecule has 0 fully saturated rings. The first-order chi connectivity index (χ1) is 9.49. The number of Topliss-reactive ketones (excluding diaryl/α,β-unsaturated/α-hetero) is 1. The van der Waals surface area contributed by atoms with Crippen molar-refractivity contribution in [2.24, 2.45) is 0 Å². The van der Waals surface area contributed by atoms with E-state index in [0.29, 0.717) is 5.75 Å². The Bertz CT molecular complexity index is 638. The minimum absolute atomic E-state index is 0.0879. The predicted molar refractivity (Wildman–Crippen MR) is 72.0 cm³/mol. The molecule has 0 radical (unpaired) electrons. The fourth-order valence-electron chi connectivity index (χ4n) is 1.82. The van der Waals surface area contributed by atoms with Gasteiger partial charge >= 0.3 is 0 Å². The molecular formula is C16H14F2O2. The average molecular weight is 276 g/mol. The Morgan fingerprint density at radius 3 is 2.45 bits per heavy atom. The number of benzene rings is 2. The summed E-state index contributed by atoms with van der Waals surface area (Å²) >= 11 is 0. The van der Waals surface area contributed by atoms with E-state index in [1.165, 1.54) is 6.07 Å². The van der Waals surface area contributed by atoms with Gasteiger partial charge in [0.1, 0.15) is 5.75 Å². The molecular weight excluding hydrogens is 262 g/mol. The van der Waals surface area contributed by atoms with E-state index < -0.39 is 23.5 Å². The highest BCUT2D eigenvalue weighted by Crippen LogP contribution is 2.19. The highest BCUT2D eigenvalue weighted by atomic mass is 19.2. The number of ether oxygens (including phenoxy) is 1. The van der Waals surface area contributed by atoms with Gasteiger partial charge in [0.15, 0.2) is 17.7 Å². The Balaban J connectivity index is 2.16. The number of rotatable bonds is 4. The molecule has 2 aromatic carbocycles. The first-order valence-electron chi connectivity index (χ1n) is 6.20. The van der Waals surface area contributed by atoms with Gasteiger partial charge in [0.2, 0.25) is 5.78 Å². The summed E-state index contributed by atoms with van der Waals surface area (Å²) in [5.41, 5.74) is 0.988. The number of halogens is 2. The van der Waals surface area contributed by atoms with E-state index in [0.717, 1.165) is 17.7 Å². The quantitative estimate of drug-likeness (QED) is 0.791. The fraction of sp³-hybridized carbons (Fsp3) is 0.188. The van der Waals surface area contributed by atoms with E-state index in [2.05, 4.69) is 0 Å². The smallest absolute Gasteiger partial charge is 0.203 e. The Labute approximate surface area is 116 Å². The number of ketones is 1. The van der Waals surface area contributed by atoms with Gasteiger partial charge < -0.3 is 4.74 Å². The number of hydrogen-bond acceptors (Lipinski definition) is 2. The molecule has 1 atom stereocenters. The molecule has 0 aliphatic rings. The van der Waals surface area contributed by atoms with Crippen LogP contribution in [-0.4, -0.2) is 11.9 Å². The molecule has 0 heterocycles. The van der Waals surface area contributed by atoms with Crippen LogP contribution in [-0.2, 0) is 0 Å². The molecule has 0 aliphatic heterocycles. The maximum atomic E-state index is 13.1. The van der Waals surface area contributed by atoms with Crippen molar-refractivity contribution in [1.82, 2.24) is 0 Å². The van der Waals surface area contributed by atoms with Crippen LogP contribution in [0.3, 0.4) is 0 Å². The first kappa shape index (κ1) is 14.2. The molecule has 0 amide bonds. The number of aryl methyl sites for hydroxylation is 1. The molecule has 0 saturated heterocycles. The maximum Gasteiger partial charge on any atom is 0.203 e. The van der Waals surface area contributed by atoms with Gasteiger partial charge in [-0.2, -0.15) is 0 Å². The van der Waals surface area contributed by atoms with E-state index in [9.17, 15) is 13.6 Å². The summed E-state index contributed by atoms with van der Waals surface area (Å²) in [4.78, 5) is 12.1. The summed E-state index contributed by atoms with van der Waals surface area (Å²) in [5.74, 6) is -1.82. The van der Waals surface area contributed by atoms with Crippen molar-refractivity contribution in [1.29, 1.82) is 0 Å². The number of carbonyl (C=O) groups excluding carboxylic acids is 1. The summed E-state index contributed by atoms with van der Waals surface area (Å²) < 4.78 is 31.5. The SMILES string of the molecule is Cc1ccccc1OC(C)C(=O)c1ccc(F)c(F)c1. The lowest BCUT2D eigenvalue weighted by atomic mass is 10.1. The summed E-state index contributed by atoms with van der Waals surface area (Å²) in [6.07, 6.45) is -0.777. The third-order valence-corrected chi connectivity index (χ3v) is 2.97. The highest BCUT2D eigenvalue weighted by molar-refractivity contribution is 5.99. The van der Waals surface area contributed by atoms with Gasteiger partial charge in [0.25, 0.3) is 0 Å². The second-order valence-corrected chi connectivity index (χ2v) is 4.52. The molecule has 0 bridgehead atoms. The van der Waals surface area contributed by atoms with E-state index in [-0.39, 0.29) is 5.56 Å². The topological polar surface area (TPSA) is 26.3 Å². The molecule has 0 saturated carbocycles. The van der Waals surface area contributed by atoms with Crippen molar-refractivity contribution < 1.29 is 18.3 Å². The van der Waals surface area contributed by atoms with Gasteiger partial charge in [-0.15, -0.1) is 0 Å². The van der Waals surface area contributed by atoms with E-state index in [1.807, 2.05) is 19.1 Å². The first-order valence-corrected chi connectivity index (χ1v) is 6.20. The summed E-state index contributed by atoms with van der Waals surface area (Å²) in [6, 6.07) is 10.4. The molecule has 20 heavy (non-hydrogen) atoms. The van der Waals surface area contributed by atoms with Crippen LogP contribution in [0.15, 0.2) is 42.5 Å². The zero-order valence-electron chi connectivity index (χ0n) is 11.2. The van der Waals surface area contributed by atoms with Crippen molar-refractivity contribution in [3.8, 4) is 5.75 Å². The van der Waals surface area contributed by atoms with Gasteiger partial charge in [-0.25, -0.2) is 8.78 Å². The molecule has 0 aromatic heterocycles. The van der Waals surface area contributed by atoms with Crippen molar-refractivity contribution in [3.05, 3.63) is 65.2 Å². The molecule has 2 aromatic rings. The summed E-state index contributed by atoms with van der Waals surface area (Å²) in [5, 5.41) is 0. The average Bonchev–Trinajstić information content (AvgIpc) is 2.43. The van der Waals surface area contributed by atoms with Crippen LogP contribution in [0.1, 0.15) is 22.8 Å². The van der Waals surface area contributed by atoms with Crippen LogP contribution in [0.4, 0.5) is 8.78 Å². The number of carbonyl (C=O) groups is 1. The Hall–Kier alpha value is -2.23. The minimum atomic E-state index is -1.04. The predicted octanol–water partition coefficient (Wildman–Crippen LogP) is 3.92. The number of hydrogen-bond donors (Lipinski definition) is 0. The Kier molecular flexibility index (Phi) is 4.13.